The van der Waals surface area contributed by atoms with Gasteiger partial charge in [0.05, 0.1) is 11.9 Å². The third kappa shape index (κ3) is 5.74. The molecular formula is C19H21ClN2O4S. The fourth-order valence-electron chi connectivity index (χ4n) is 2.43. The summed E-state index contributed by atoms with van der Waals surface area (Å²) in [6, 6.07) is 12.1. The molecule has 1 N–H and O–H groups in total. The minimum atomic E-state index is -3.68. The molecule has 0 aliphatic rings. The zero-order chi connectivity index (χ0) is 20.0. The number of rotatable bonds is 8. The Morgan fingerprint density at radius 1 is 1.22 bits per heavy atom. The molecule has 1 amide bonds. The van der Waals surface area contributed by atoms with Crippen molar-refractivity contribution in [1.29, 1.82) is 0 Å². The van der Waals surface area contributed by atoms with Gasteiger partial charge >= 0.3 is 0 Å². The standard InChI is InChI=1S/C19H21ClN2O4S/c1-4-13-26-18-11-7-16(8-12-18)21-19(23)14(2)22(27(3,24)25)17-9-5-15(20)6-10-17/h4-12,14H,1,13H2,2-3H3,(H,21,23)/t14-/m0/s1. The molecule has 8 heteroatoms. The maximum Gasteiger partial charge on any atom is 0.247 e. The first-order valence-corrected chi connectivity index (χ1v) is 10.3. The average Bonchev–Trinajstić information content (AvgIpc) is 2.61. The molecule has 1 atom stereocenters. The van der Waals surface area contributed by atoms with Crippen LogP contribution in [0.4, 0.5) is 11.4 Å². The largest absolute Gasteiger partial charge is 0.490 e. The minimum absolute atomic E-state index is 0.359. The number of carbonyl (C=O) groups excluding carboxylic acids is 1. The number of halogens is 1. The van der Waals surface area contributed by atoms with E-state index in [4.69, 9.17) is 16.3 Å². The van der Waals surface area contributed by atoms with Gasteiger partial charge in [0.25, 0.3) is 0 Å². The van der Waals surface area contributed by atoms with Crippen LogP contribution in [0.25, 0.3) is 0 Å². The lowest BCUT2D eigenvalue weighted by atomic mass is 10.2. The molecule has 0 bridgehead atoms. The van der Waals surface area contributed by atoms with E-state index >= 15 is 0 Å². The smallest absolute Gasteiger partial charge is 0.247 e. The molecule has 6 nitrogen and oxygen atoms in total. The first-order valence-electron chi connectivity index (χ1n) is 8.12. The summed E-state index contributed by atoms with van der Waals surface area (Å²) in [5.74, 6) is 0.176. The van der Waals surface area contributed by atoms with Gasteiger partial charge in [-0.3, -0.25) is 9.10 Å². The van der Waals surface area contributed by atoms with Gasteiger partial charge in [-0.1, -0.05) is 24.3 Å². The highest BCUT2D eigenvalue weighted by Gasteiger charge is 2.29. The Morgan fingerprint density at radius 3 is 2.33 bits per heavy atom. The van der Waals surface area contributed by atoms with E-state index < -0.39 is 22.0 Å². The van der Waals surface area contributed by atoms with Gasteiger partial charge in [0.15, 0.2) is 0 Å². The van der Waals surface area contributed by atoms with Gasteiger partial charge in [0, 0.05) is 10.7 Å². The van der Waals surface area contributed by atoms with E-state index in [0.717, 1.165) is 10.6 Å². The van der Waals surface area contributed by atoms with Crippen molar-refractivity contribution < 1.29 is 17.9 Å². The Bertz CT molecular complexity index is 896. The molecule has 0 aliphatic heterocycles. The molecule has 0 saturated heterocycles. The van der Waals surface area contributed by atoms with Crippen molar-refractivity contribution in [2.45, 2.75) is 13.0 Å². The van der Waals surface area contributed by atoms with Gasteiger partial charge in [-0.25, -0.2) is 8.42 Å². The highest BCUT2D eigenvalue weighted by Crippen LogP contribution is 2.24. The first-order chi connectivity index (χ1) is 12.7. The van der Waals surface area contributed by atoms with Crippen LogP contribution in [0.1, 0.15) is 6.92 Å². The number of benzene rings is 2. The monoisotopic (exact) mass is 408 g/mol. The predicted molar refractivity (Wildman–Crippen MR) is 109 cm³/mol. The number of carbonyl (C=O) groups is 1. The Kier molecular flexibility index (Phi) is 6.87. The van der Waals surface area contributed by atoms with Crippen LogP contribution in [0.5, 0.6) is 5.75 Å². The average molecular weight is 409 g/mol. The number of amides is 1. The SMILES string of the molecule is C=CCOc1ccc(NC(=O)[C@H](C)N(c2ccc(Cl)cc2)S(C)(=O)=O)cc1. The Hall–Kier alpha value is -2.51. The van der Waals surface area contributed by atoms with Gasteiger partial charge in [-0.2, -0.15) is 0 Å². The molecule has 0 aliphatic carbocycles. The molecule has 0 saturated carbocycles. The molecule has 27 heavy (non-hydrogen) atoms. The van der Waals surface area contributed by atoms with Crippen molar-refractivity contribution in [1.82, 2.24) is 0 Å². The lowest BCUT2D eigenvalue weighted by Crippen LogP contribution is -2.45. The summed E-state index contributed by atoms with van der Waals surface area (Å²) in [6.45, 7) is 5.48. The zero-order valence-corrected chi connectivity index (χ0v) is 16.6. The number of nitrogens with zero attached hydrogens (tertiary/aromatic N) is 1. The molecule has 0 spiro atoms. The van der Waals surface area contributed by atoms with Crippen molar-refractivity contribution >= 4 is 38.9 Å². The molecular weight excluding hydrogens is 388 g/mol. The summed E-state index contributed by atoms with van der Waals surface area (Å²) in [6.07, 6.45) is 2.69. The van der Waals surface area contributed by atoms with Crippen molar-refractivity contribution in [3.8, 4) is 5.75 Å². The van der Waals surface area contributed by atoms with Crippen LogP contribution in [0.2, 0.25) is 5.02 Å². The van der Waals surface area contributed by atoms with Gasteiger partial charge in [0.2, 0.25) is 15.9 Å². The maximum absolute atomic E-state index is 12.6. The van der Waals surface area contributed by atoms with E-state index in [0.29, 0.717) is 28.8 Å². The number of hydrogen-bond acceptors (Lipinski definition) is 4. The van der Waals surface area contributed by atoms with Crippen LogP contribution in [0.15, 0.2) is 61.2 Å². The Labute approximate surface area is 164 Å². The second-order valence-corrected chi connectivity index (χ2v) is 8.12. The fraction of sp³-hybridized carbons (Fsp3) is 0.211. The highest BCUT2D eigenvalue weighted by atomic mass is 35.5. The third-order valence-electron chi connectivity index (χ3n) is 3.66. The van der Waals surface area contributed by atoms with E-state index in [1.165, 1.54) is 6.92 Å². The molecule has 2 rings (SSSR count). The lowest BCUT2D eigenvalue weighted by Gasteiger charge is -2.28. The van der Waals surface area contributed by atoms with Crippen LogP contribution in [-0.4, -0.2) is 33.2 Å². The summed E-state index contributed by atoms with van der Waals surface area (Å²) in [5.41, 5.74) is 0.889. The van der Waals surface area contributed by atoms with Crippen LogP contribution >= 0.6 is 11.6 Å². The van der Waals surface area contributed by atoms with Crippen LogP contribution in [-0.2, 0) is 14.8 Å². The molecule has 0 aromatic heterocycles. The Balaban J connectivity index is 2.17. The quantitative estimate of drug-likeness (QED) is 0.676. The van der Waals surface area contributed by atoms with Crippen LogP contribution in [0.3, 0.4) is 0 Å². The van der Waals surface area contributed by atoms with E-state index in [1.807, 2.05) is 0 Å². The summed E-state index contributed by atoms with van der Waals surface area (Å²) in [5, 5.41) is 3.19. The van der Waals surface area contributed by atoms with E-state index in [9.17, 15) is 13.2 Å². The number of sulfonamides is 1. The summed E-state index contributed by atoms with van der Waals surface area (Å²) >= 11 is 5.86. The number of ether oxygens (including phenoxy) is 1. The van der Waals surface area contributed by atoms with Crippen molar-refractivity contribution in [2.75, 3.05) is 22.5 Å². The lowest BCUT2D eigenvalue weighted by molar-refractivity contribution is -0.116. The first kappa shape index (κ1) is 20.8. The van der Waals surface area contributed by atoms with E-state index in [-0.39, 0.29) is 0 Å². The normalized spacial score (nSPS) is 12.1. The predicted octanol–water partition coefficient (Wildman–Crippen LogP) is 3.70. The van der Waals surface area contributed by atoms with E-state index in [1.54, 1.807) is 54.6 Å². The summed E-state index contributed by atoms with van der Waals surface area (Å²) in [7, 11) is -3.68. The van der Waals surface area contributed by atoms with Gasteiger partial charge < -0.3 is 10.1 Å². The third-order valence-corrected chi connectivity index (χ3v) is 5.15. The second kappa shape index (κ2) is 8.92. The van der Waals surface area contributed by atoms with Crippen LogP contribution in [0, 0.1) is 0 Å². The van der Waals surface area contributed by atoms with Crippen molar-refractivity contribution in [3.05, 3.63) is 66.2 Å². The Morgan fingerprint density at radius 2 is 1.81 bits per heavy atom. The topological polar surface area (TPSA) is 75.7 Å². The molecule has 0 fully saturated rings. The molecule has 0 unspecified atom stereocenters. The van der Waals surface area contributed by atoms with E-state index in [2.05, 4.69) is 11.9 Å². The fourth-order valence-corrected chi connectivity index (χ4v) is 3.73. The number of anilines is 2. The number of nitrogens with one attached hydrogen (secondary N) is 1. The van der Waals surface area contributed by atoms with Crippen molar-refractivity contribution in [2.24, 2.45) is 0 Å². The van der Waals surface area contributed by atoms with Crippen molar-refractivity contribution in [3.63, 3.8) is 0 Å². The van der Waals surface area contributed by atoms with Crippen LogP contribution < -0.4 is 14.4 Å². The molecule has 0 heterocycles. The molecule has 0 radical (unpaired) electrons. The molecule has 144 valence electrons. The zero-order valence-electron chi connectivity index (χ0n) is 15.1. The molecule has 2 aromatic rings. The van der Waals surface area contributed by atoms with Gasteiger partial charge in [-0.15, -0.1) is 0 Å². The maximum atomic E-state index is 12.6. The molecule has 2 aromatic carbocycles. The minimum Gasteiger partial charge on any atom is -0.490 e. The number of hydrogen-bond donors (Lipinski definition) is 1. The summed E-state index contributed by atoms with van der Waals surface area (Å²) < 4.78 is 30.9. The van der Waals surface area contributed by atoms with Gasteiger partial charge in [-0.05, 0) is 55.5 Å². The van der Waals surface area contributed by atoms with Gasteiger partial charge in [0.1, 0.15) is 18.4 Å². The highest BCUT2D eigenvalue weighted by molar-refractivity contribution is 7.92. The summed E-state index contributed by atoms with van der Waals surface area (Å²) in [4.78, 5) is 12.6. The second-order valence-electron chi connectivity index (χ2n) is 5.82.